The van der Waals surface area contributed by atoms with E-state index in [9.17, 15) is 0 Å². The normalized spacial score (nSPS) is 12.8. The molecule has 0 aliphatic rings. The molecule has 0 saturated heterocycles. The monoisotopic (exact) mass is 272 g/mol. The van der Waals surface area contributed by atoms with Gasteiger partial charge < -0.3 is 0 Å². The van der Waals surface area contributed by atoms with Crippen molar-refractivity contribution in [2.75, 3.05) is 0 Å². The molecule has 1 unspecified atom stereocenters. The van der Waals surface area contributed by atoms with Gasteiger partial charge in [0.2, 0.25) is 0 Å². The van der Waals surface area contributed by atoms with Crippen LogP contribution in [0.2, 0.25) is 0 Å². The third kappa shape index (κ3) is 14.4. The molecular formula is C17H36S. The molecule has 0 aromatic heterocycles. The lowest BCUT2D eigenvalue weighted by Crippen LogP contribution is -1.98. The molecule has 0 amide bonds. The highest BCUT2D eigenvalue weighted by molar-refractivity contribution is 7.80. The molecule has 0 saturated carbocycles. The van der Waals surface area contributed by atoms with Gasteiger partial charge in [-0.3, -0.25) is 0 Å². The first-order chi connectivity index (χ1) is 8.81. The second-order valence-corrected chi connectivity index (χ2v) is 6.50. The summed E-state index contributed by atoms with van der Waals surface area (Å²) < 4.78 is 0. The van der Waals surface area contributed by atoms with Crippen LogP contribution in [0.25, 0.3) is 0 Å². The summed E-state index contributed by atoms with van der Waals surface area (Å²) in [5.41, 5.74) is 0. The molecule has 0 rings (SSSR count). The number of hydrogen-bond donors (Lipinski definition) is 1. The average Bonchev–Trinajstić information content (AvgIpc) is 2.37. The maximum Gasteiger partial charge on any atom is 0.00168 e. The van der Waals surface area contributed by atoms with Gasteiger partial charge >= 0.3 is 0 Å². The zero-order valence-electron chi connectivity index (χ0n) is 12.9. The third-order valence-electron chi connectivity index (χ3n) is 3.78. The smallest absolute Gasteiger partial charge is 0.00168 e. The van der Waals surface area contributed by atoms with Gasteiger partial charge in [0.15, 0.2) is 0 Å². The van der Waals surface area contributed by atoms with Gasteiger partial charge in [0, 0.05) is 5.25 Å². The minimum absolute atomic E-state index is 0.669. The zero-order chi connectivity index (χ0) is 13.5. The fourth-order valence-corrected chi connectivity index (χ4v) is 2.83. The van der Waals surface area contributed by atoms with Crippen molar-refractivity contribution in [3.05, 3.63) is 0 Å². The quantitative estimate of drug-likeness (QED) is 0.261. The first-order valence-corrected chi connectivity index (χ1v) is 9.01. The summed E-state index contributed by atoms with van der Waals surface area (Å²) in [6.45, 7) is 4.56. The maximum absolute atomic E-state index is 4.71. The van der Waals surface area contributed by atoms with Gasteiger partial charge in [0.05, 0.1) is 0 Å². The van der Waals surface area contributed by atoms with E-state index in [2.05, 4.69) is 13.8 Å². The molecule has 18 heavy (non-hydrogen) atoms. The molecule has 110 valence electrons. The van der Waals surface area contributed by atoms with E-state index in [0.29, 0.717) is 5.25 Å². The fraction of sp³-hybridized carbons (Fsp3) is 1.00. The molecule has 0 fully saturated rings. The van der Waals surface area contributed by atoms with Crippen LogP contribution in [0.5, 0.6) is 0 Å². The van der Waals surface area contributed by atoms with Crippen LogP contribution >= 0.6 is 12.6 Å². The lowest BCUT2D eigenvalue weighted by atomic mass is 10.0. The van der Waals surface area contributed by atoms with Crippen LogP contribution in [0.1, 0.15) is 104 Å². The molecule has 0 bridgehead atoms. The van der Waals surface area contributed by atoms with Gasteiger partial charge in [-0.25, -0.2) is 0 Å². The topological polar surface area (TPSA) is 0 Å². The van der Waals surface area contributed by atoms with Crippen LogP contribution in [0, 0.1) is 0 Å². The van der Waals surface area contributed by atoms with E-state index in [1.54, 1.807) is 0 Å². The summed E-state index contributed by atoms with van der Waals surface area (Å²) in [7, 11) is 0. The van der Waals surface area contributed by atoms with Gasteiger partial charge in [0.25, 0.3) is 0 Å². The summed E-state index contributed by atoms with van der Waals surface area (Å²) in [4.78, 5) is 0. The minimum atomic E-state index is 0.669. The van der Waals surface area contributed by atoms with Crippen LogP contribution < -0.4 is 0 Å². The summed E-state index contributed by atoms with van der Waals surface area (Å²) in [5.74, 6) is 0. The number of hydrogen-bond acceptors (Lipinski definition) is 1. The Morgan fingerprint density at radius 2 is 0.889 bits per heavy atom. The molecular weight excluding hydrogens is 236 g/mol. The zero-order valence-corrected chi connectivity index (χ0v) is 13.8. The van der Waals surface area contributed by atoms with Crippen LogP contribution in [-0.2, 0) is 0 Å². The average molecular weight is 273 g/mol. The number of rotatable bonds is 14. The van der Waals surface area contributed by atoms with E-state index < -0.39 is 0 Å². The molecule has 1 atom stereocenters. The molecule has 0 aromatic rings. The van der Waals surface area contributed by atoms with Crippen LogP contribution in [0.3, 0.4) is 0 Å². The predicted octanol–water partition coefficient (Wildman–Crippen LogP) is 6.79. The summed E-state index contributed by atoms with van der Waals surface area (Å²) >= 11 is 4.71. The minimum Gasteiger partial charge on any atom is -0.176 e. The molecule has 0 heterocycles. The maximum atomic E-state index is 4.71. The fourth-order valence-electron chi connectivity index (χ4n) is 2.46. The summed E-state index contributed by atoms with van der Waals surface area (Å²) in [5, 5.41) is 0.669. The first-order valence-electron chi connectivity index (χ1n) is 8.49. The Bertz CT molecular complexity index is 145. The lowest BCUT2D eigenvalue weighted by molar-refractivity contribution is 0.543. The van der Waals surface area contributed by atoms with Gasteiger partial charge in [-0.2, -0.15) is 12.6 Å². The Labute approximate surface area is 122 Å². The number of thiol groups is 1. The molecule has 0 N–H and O–H groups in total. The Kier molecular flexibility index (Phi) is 15.7. The van der Waals surface area contributed by atoms with Gasteiger partial charge in [-0.05, 0) is 12.8 Å². The van der Waals surface area contributed by atoms with Gasteiger partial charge in [-0.1, -0.05) is 90.9 Å². The molecule has 0 radical (unpaired) electrons. The Balaban J connectivity index is 3.09. The molecule has 1 heteroatoms. The third-order valence-corrected chi connectivity index (χ3v) is 4.30. The van der Waals surface area contributed by atoms with E-state index in [1.165, 1.54) is 89.9 Å². The van der Waals surface area contributed by atoms with Crippen molar-refractivity contribution in [1.82, 2.24) is 0 Å². The van der Waals surface area contributed by atoms with E-state index in [0.717, 1.165) is 0 Å². The Hall–Kier alpha value is 0.350. The van der Waals surface area contributed by atoms with Gasteiger partial charge in [-0.15, -0.1) is 0 Å². The van der Waals surface area contributed by atoms with Crippen LogP contribution in [-0.4, -0.2) is 5.25 Å². The SMILES string of the molecule is CCCCCCCCCC(S)CCCCCCC. The molecule has 0 aliphatic carbocycles. The first kappa shape index (κ1) is 18.4. The second kappa shape index (κ2) is 15.4. The van der Waals surface area contributed by atoms with E-state index in [1.807, 2.05) is 0 Å². The van der Waals surface area contributed by atoms with E-state index >= 15 is 0 Å². The van der Waals surface area contributed by atoms with Crippen molar-refractivity contribution < 1.29 is 0 Å². The highest BCUT2D eigenvalue weighted by Gasteiger charge is 2.02. The van der Waals surface area contributed by atoms with Crippen molar-refractivity contribution in [3.8, 4) is 0 Å². The largest absolute Gasteiger partial charge is 0.176 e. The van der Waals surface area contributed by atoms with Crippen LogP contribution in [0.4, 0.5) is 0 Å². The van der Waals surface area contributed by atoms with Gasteiger partial charge in [0.1, 0.15) is 0 Å². The van der Waals surface area contributed by atoms with Crippen LogP contribution in [0.15, 0.2) is 0 Å². The summed E-state index contributed by atoms with van der Waals surface area (Å²) in [6, 6.07) is 0. The standard InChI is InChI=1S/C17H36S/c1-3-5-7-9-10-12-14-16-17(18)15-13-11-8-6-4-2/h17-18H,3-16H2,1-2H3. The molecule has 0 aliphatic heterocycles. The highest BCUT2D eigenvalue weighted by Crippen LogP contribution is 2.17. The Morgan fingerprint density at radius 3 is 1.28 bits per heavy atom. The summed E-state index contributed by atoms with van der Waals surface area (Å²) in [6.07, 6.45) is 19.6. The van der Waals surface area contributed by atoms with Crippen molar-refractivity contribution in [2.45, 2.75) is 109 Å². The second-order valence-electron chi connectivity index (χ2n) is 5.77. The highest BCUT2D eigenvalue weighted by atomic mass is 32.1. The Morgan fingerprint density at radius 1 is 0.556 bits per heavy atom. The van der Waals surface area contributed by atoms with Crippen molar-refractivity contribution in [1.29, 1.82) is 0 Å². The van der Waals surface area contributed by atoms with Crippen molar-refractivity contribution >= 4 is 12.6 Å². The molecule has 0 nitrogen and oxygen atoms in total. The van der Waals surface area contributed by atoms with Crippen molar-refractivity contribution in [2.24, 2.45) is 0 Å². The molecule has 0 aromatic carbocycles. The molecule has 0 spiro atoms. The predicted molar refractivity (Wildman–Crippen MR) is 88.8 cm³/mol. The van der Waals surface area contributed by atoms with Crippen molar-refractivity contribution in [3.63, 3.8) is 0 Å². The lowest BCUT2D eigenvalue weighted by Gasteiger charge is -2.10. The van der Waals surface area contributed by atoms with E-state index in [4.69, 9.17) is 12.6 Å². The van der Waals surface area contributed by atoms with E-state index in [-0.39, 0.29) is 0 Å². The number of unbranched alkanes of at least 4 members (excludes halogenated alkanes) is 10.